The molecule has 0 aliphatic heterocycles. The van der Waals surface area contributed by atoms with E-state index in [1.807, 2.05) is 19.9 Å². The lowest BCUT2D eigenvalue weighted by atomic mass is 9.82. The molecule has 1 aromatic rings. The molecule has 0 bridgehead atoms. The molecule has 0 unspecified atom stereocenters. The number of carboxylic acid groups (broad SMARTS) is 1. The van der Waals surface area contributed by atoms with Crippen LogP contribution < -0.4 is 5.32 Å². The molecule has 0 saturated heterocycles. The second kappa shape index (κ2) is 7.82. The lowest BCUT2D eigenvalue weighted by Gasteiger charge is -2.24. The molecule has 1 aliphatic rings. The van der Waals surface area contributed by atoms with E-state index in [0.29, 0.717) is 23.4 Å². The standard InChI is InChI=1S/C18H23NO5S/c1-9(2)24-18(23)14-10(3)11(4)25-16(14)19-15(20)12-7-5-6-8-13(12)17(21)22/h5-6,9,12-13H,7-8H2,1-4H3,(H,19,20)(H,21,22)/t12-,13-/m0/s1. The Morgan fingerprint density at radius 3 is 2.36 bits per heavy atom. The molecule has 2 rings (SSSR count). The molecule has 2 atom stereocenters. The van der Waals surface area contributed by atoms with Gasteiger partial charge in [-0.25, -0.2) is 4.79 Å². The van der Waals surface area contributed by atoms with Gasteiger partial charge in [0, 0.05) is 4.88 Å². The molecule has 0 fully saturated rings. The molecule has 25 heavy (non-hydrogen) atoms. The molecule has 7 heteroatoms. The first-order chi connectivity index (χ1) is 11.7. The van der Waals surface area contributed by atoms with E-state index in [1.165, 1.54) is 11.3 Å². The number of carbonyl (C=O) groups is 3. The van der Waals surface area contributed by atoms with E-state index in [9.17, 15) is 19.5 Å². The van der Waals surface area contributed by atoms with E-state index < -0.39 is 23.8 Å². The summed E-state index contributed by atoms with van der Waals surface area (Å²) in [6.07, 6.45) is 4.04. The number of esters is 1. The average Bonchev–Trinajstić information content (AvgIpc) is 2.80. The van der Waals surface area contributed by atoms with Gasteiger partial charge in [-0.15, -0.1) is 11.3 Å². The fourth-order valence-corrected chi connectivity index (χ4v) is 3.87. The zero-order valence-corrected chi connectivity index (χ0v) is 15.6. The van der Waals surface area contributed by atoms with Gasteiger partial charge in [-0.1, -0.05) is 12.2 Å². The van der Waals surface area contributed by atoms with Crippen LogP contribution in [0.2, 0.25) is 0 Å². The van der Waals surface area contributed by atoms with Crippen LogP contribution in [0.1, 0.15) is 47.5 Å². The van der Waals surface area contributed by atoms with Gasteiger partial charge in [0.2, 0.25) is 5.91 Å². The van der Waals surface area contributed by atoms with Crippen molar-refractivity contribution in [3.05, 3.63) is 28.2 Å². The number of carbonyl (C=O) groups excluding carboxylic acids is 2. The first kappa shape index (κ1) is 19.2. The fraction of sp³-hybridized carbons (Fsp3) is 0.500. The first-order valence-electron chi connectivity index (χ1n) is 8.22. The zero-order valence-electron chi connectivity index (χ0n) is 14.8. The number of rotatable bonds is 5. The Morgan fingerprint density at radius 1 is 1.20 bits per heavy atom. The van der Waals surface area contributed by atoms with Gasteiger partial charge in [-0.05, 0) is 46.1 Å². The Labute approximate surface area is 150 Å². The summed E-state index contributed by atoms with van der Waals surface area (Å²) < 4.78 is 5.27. The maximum absolute atomic E-state index is 12.6. The van der Waals surface area contributed by atoms with Gasteiger partial charge in [-0.3, -0.25) is 9.59 Å². The number of aryl methyl sites for hydroxylation is 1. The van der Waals surface area contributed by atoms with Crippen molar-refractivity contribution in [2.45, 2.75) is 46.6 Å². The van der Waals surface area contributed by atoms with Gasteiger partial charge in [0.1, 0.15) is 5.00 Å². The van der Waals surface area contributed by atoms with Crippen molar-refractivity contribution in [2.24, 2.45) is 11.8 Å². The lowest BCUT2D eigenvalue weighted by molar-refractivity contribution is -0.146. The minimum atomic E-state index is -0.984. The molecule has 0 saturated carbocycles. The first-order valence-corrected chi connectivity index (χ1v) is 9.03. The van der Waals surface area contributed by atoms with Crippen LogP contribution in [0.3, 0.4) is 0 Å². The van der Waals surface area contributed by atoms with Crippen LogP contribution in [0.25, 0.3) is 0 Å². The summed E-state index contributed by atoms with van der Waals surface area (Å²) in [6, 6.07) is 0. The smallest absolute Gasteiger partial charge is 0.341 e. The van der Waals surface area contributed by atoms with Crippen LogP contribution in [-0.2, 0) is 14.3 Å². The third kappa shape index (κ3) is 4.28. The van der Waals surface area contributed by atoms with Crippen molar-refractivity contribution < 1.29 is 24.2 Å². The summed E-state index contributed by atoms with van der Waals surface area (Å²) in [6.45, 7) is 7.19. The highest BCUT2D eigenvalue weighted by atomic mass is 32.1. The van der Waals surface area contributed by atoms with Gasteiger partial charge in [-0.2, -0.15) is 0 Å². The molecule has 0 spiro atoms. The number of nitrogens with one attached hydrogen (secondary N) is 1. The fourth-order valence-electron chi connectivity index (χ4n) is 2.82. The summed E-state index contributed by atoms with van der Waals surface area (Å²) in [5, 5.41) is 12.5. The Hall–Kier alpha value is -2.15. The van der Waals surface area contributed by atoms with Crippen molar-refractivity contribution in [1.29, 1.82) is 0 Å². The molecule has 136 valence electrons. The van der Waals surface area contributed by atoms with Crippen molar-refractivity contribution in [3.63, 3.8) is 0 Å². The third-order valence-electron chi connectivity index (χ3n) is 4.26. The van der Waals surface area contributed by atoms with Crippen molar-refractivity contribution in [2.75, 3.05) is 5.32 Å². The van der Waals surface area contributed by atoms with Crippen molar-refractivity contribution >= 4 is 34.2 Å². The molecule has 2 N–H and O–H groups in total. The Bertz CT molecular complexity index is 719. The highest BCUT2D eigenvalue weighted by Gasteiger charge is 2.35. The highest BCUT2D eigenvalue weighted by Crippen LogP contribution is 2.35. The highest BCUT2D eigenvalue weighted by molar-refractivity contribution is 7.16. The van der Waals surface area contributed by atoms with E-state index >= 15 is 0 Å². The Morgan fingerprint density at radius 2 is 1.80 bits per heavy atom. The maximum atomic E-state index is 12.6. The number of anilines is 1. The van der Waals surface area contributed by atoms with Gasteiger partial charge >= 0.3 is 11.9 Å². The average molecular weight is 365 g/mol. The van der Waals surface area contributed by atoms with E-state index in [0.717, 1.165) is 10.4 Å². The van der Waals surface area contributed by atoms with Gasteiger partial charge in [0.05, 0.1) is 23.5 Å². The van der Waals surface area contributed by atoms with Crippen LogP contribution in [-0.4, -0.2) is 29.1 Å². The number of hydrogen-bond donors (Lipinski definition) is 2. The van der Waals surface area contributed by atoms with Crippen LogP contribution in [0.5, 0.6) is 0 Å². The maximum Gasteiger partial charge on any atom is 0.341 e. The summed E-state index contributed by atoms with van der Waals surface area (Å²) >= 11 is 1.30. The Balaban J connectivity index is 2.26. The predicted octanol–water partition coefficient (Wildman–Crippen LogP) is 3.54. The minimum Gasteiger partial charge on any atom is -0.481 e. The number of allylic oxidation sites excluding steroid dienone is 2. The largest absolute Gasteiger partial charge is 0.481 e. The quantitative estimate of drug-likeness (QED) is 0.615. The number of carboxylic acids is 1. The normalized spacial score (nSPS) is 19.7. The van der Waals surface area contributed by atoms with Crippen molar-refractivity contribution in [3.8, 4) is 0 Å². The lowest BCUT2D eigenvalue weighted by Crippen LogP contribution is -2.34. The topological polar surface area (TPSA) is 92.7 Å². The second-order valence-corrected chi connectivity index (χ2v) is 7.65. The molecular formula is C18H23NO5S. The van der Waals surface area contributed by atoms with Gasteiger partial charge in [0.15, 0.2) is 0 Å². The van der Waals surface area contributed by atoms with Crippen LogP contribution >= 0.6 is 11.3 Å². The molecule has 1 aromatic heterocycles. The molecule has 1 aliphatic carbocycles. The molecule has 1 heterocycles. The third-order valence-corrected chi connectivity index (χ3v) is 5.38. The summed E-state index contributed by atoms with van der Waals surface area (Å²) in [4.78, 5) is 37.3. The SMILES string of the molecule is Cc1sc(NC(=O)[C@H]2CC=CC[C@@H]2C(=O)O)c(C(=O)OC(C)C)c1C. The summed E-state index contributed by atoms with van der Waals surface area (Å²) in [5.41, 5.74) is 1.12. The molecule has 6 nitrogen and oxygen atoms in total. The van der Waals surface area contributed by atoms with E-state index in [4.69, 9.17) is 4.74 Å². The molecule has 1 amide bonds. The minimum absolute atomic E-state index is 0.268. The van der Waals surface area contributed by atoms with E-state index in [2.05, 4.69) is 5.32 Å². The van der Waals surface area contributed by atoms with Crippen LogP contribution in [0.4, 0.5) is 5.00 Å². The second-order valence-electron chi connectivity index (χ2n) is 6.42. The Kier molecular flexibility index (Phi) is 6.00. The van der Waals surface area contributed by atoms with Gasteiger partial charge in [0.25, 0.3) is 0 Å². The molecule has 0 radical (unpaired) electrons. The monoisotopic (exact) mass is 365 g/mol. The number of amides is 1. The zero-order chi connectivity index (χ0) is 18.7. The molecule has 0 aromatic carbocycles. The number of aliphatic carboxylic acids is 1. The van der Waals surface area contributed by atoms with Crippen LogP contribution in [0.15, 0.2) is 12.2 Å². The van der Waals surface area contributed by atoms with Crippen molar-refractivity contribution in [1.82, 2.24) is 0 Å². The number of ether oxygens (including phenoxy) is 1. The summed E-state index contributed by atoms with van der Waals surface area (Å²) in [5.74, 6) is -3.25. The molecular weight excluding hydrogens is 342 g/mol. The predicted molar refractivity (Wildman–Crippen MR) is 96.0 cm³/mol. The number of hydrogen-bond acceptors (Lipinski definition) is 5. The van der Waals surface area contributed by atoms with E-state index in [1.54, 1.807) is 19.9 Å². The van der Waals surface area contributed by atoms with Crippen LogP contribution in [0, 0.1) is 25.7 Å². The number of thiophene rings is 1. The summed E-state index contributed by atoms with van der Waals surface area (Å²) in [7, 11) is 0. The van der Waals surface area contributed by atoms with Gasteiger partial charge < -0.3 is 15.2 Å². The van der Waals surface area contributed by atoms with E-state index in [-0.39, 0.29) is 12.0 Å².